The molecule has 2 heterocycles. The zero-order valence-corrected chi connectivity index (χ0v) is 10.3. The van der Waals surface area contributed by atoms with Gasteiger partial charge in [-0.2, -0.15) is 0 Å². The van der Waals surface area contributed by atoms with Gasteiger partial charge in [0, 0.05) is 38.3 Å². The quantitative estimate of drug-likeness (QED) is 0.789. The summed E-state index contributed by atoms with van der Waals surface area (Å²) in [5.74, 6) is 0. The summed E-state index contributed by atoms with van der Waals surface area (Å²) >= 11 is 0. The highest BCUT2D eigenvalue weighted by Gasteiger charge is 2.37. The van der Waals surface area contributed by atoms with E-state index in [2.05, 4.69) is 45.9 Å². The molecule has 0 radical (unpaired) electrons. The molecule has 3 nitrogen and oxygen atoms in total. The molecular weight excluding hydrogens is 210 g/mol. The van der Waals surface area contributed by atoms with E-state index in [0.29, 0.717) is 5.54 Å². The van der Waals surface area contributed by atoms with E-state index in [9.17, 15) is 0 Å². The first kappa shape index (κ1) is 11.2. The van der Waals surface area contributed by atoms with E-state index in [1.807, 2.05) is 0 Å². The van der Waals surface area contributed by atoms with Crippen molar-refractivity contribution < 1.29 is 0 Å². The molecule has 0 aromatic heterocycles. The zero-order valence-electron chi connectivity index (χ0n) is 10.3. The Balaban J connectivity index is 1.64. The Hall–Kier alpha value is -0.900. The minimum atomic E-state index is 0.340. The maximum absolute atomic E-state index is 3.71. The minimum Gasteiger partial charge on any atom is -0.315 e. The van der Waals surface area contributed by atoms with Crippen molar-refractivity contribution >= 4 is 0 Å². The molecule has 2 saturated heterocycles. The van der Waals surface area contributed by atoms with Gasteiger partial charge < -0.3 is 10.6 Å². The standard InChI is InChI=1S/C14H21N3/c1-2-4-13(5-3-1)10-17-9-8-16-14(12-17)6-7-15-11-14/h1-5,15-16H,6-12H2. The highest BCUT2D eigenvalue weighted by molar-refractivity contribution is 5.15. The lowest BCUT2D eigenvalue weighted by Gasteiger charge is -2.41. The van der Waals surface area contributed by atoms with Crippen molar-refractivity contribution in [2.24, 2.45) is 0 Å². The summed E-state index contributed by atoms with van der Waals surface area (Å²) in [6.45, 7) is 6.83. The van der Waals surface area contributed by atoms with E-state index < -0.39 is 0 Å². The summed E-state index contributed by atoms with van der Waals surface area (Å²) in [6, 6.07) is 10.8. The third kappa shape index (κ3) is 2.51. The van der Waals surface area contributed by atoms with Gasteiger partial charge in [0.25, 0.3) is 0 Å². The zero-order chi connectivity index (χ0) is 11.6. The van der Waals surface area contributed by atoms with Crippen LogP contribution in [-0.2, 0) is 6.54 Å². The van der Waals surface area contributed by atoms with Gasteiger partial charge >= 0.3 is 0 Å². The number of rotatable bonds is 2. The molecule has 0 aliphatic carbocycles. The average Bonchev–Trinajstić information content (AvgIpc) is 2.79. The van der Waals surface area contributed by atoms with Crippen molar-refractivity contribution in [3.05, 3.63) is 35.9 Å². The van der Waals surface area contributed by atoms with Crippen LogP contribution in [0.1, 0.15) is 12.0 Å². The molecule has 1 aromatic carbocycles. The van der Waals surface area contributed by atoms with Crippen LogP contribution in [0.5, 0.6) is 0 Å². The molecule has 0 saturated carbocycles. The Morgan fingerprint density at radius 2 is 2.06 bits per heavy atom. The van der Waals surface area contributed by atoms with Crippen molar-refractivity contribution in [3.8, 4) is 0 Å². The average molecular weight is 231 g/mol. The monoisotopic (exact) mass is 231 g/mol. The van der Waals surface area contributed by atoms with Crippen LogP contribution in [-0.4, -0.2) is 43.2 Å². The van der Waals surface area contributed by atoms with Crippen LogP contribution in [0.2, 0.25) is 0 Å². The van der Waals surface area contributed by atoms with Crippen molar-refractivity contribution in [1.82, 2.24) is 15.5 Å². The topological polar surface area (TPSA) is 27.3 Å². The highest BCUT2D eigenvalue weighted by Crippen LogP contribution is 2.20. The van der Waals surface area contributed by atoms with Crippen LogP contribution in [0.15, 0.2) is 30.3 Å². The van der Waals surface area contributed by atoms with Crippen LogP contribution in [0.4, 0.5) is 0 Å². The second kappa shape index (κ2) is 4.77. The molecule has 3 rings (SSSR count). The molecule has 1 spiro atoms. The first-order valence-electron chi connectivity index (χ1n) is 6.58. The van der Waals surface area contributed by atoms with Crippen LogP contribution in [0, 0.1) is 0 Å². The van der Waals surface area contributed by atoms with Crippen molar-refractivity contribution in [1.29, 1.82) is 0 Å². The van der Waals surface area contributed by atoms with Gasteiger partial charge in [-0.25, -0.2) is 0 Å². The number of nitrogens with one attached hydrogen (secondary N) is 2. The Morgan fingerprint density at radius 1 is 1.18 bits per heavy atom. The summed E-state index contributed by atoms with van der Waals surface area (Å²) in [5, 5.41) is 7.18. The molecule has 2 N–H and O–H groups in total. The molecule has 3 heteroatoms. The highest BCUT2D eigenvalue weighted by atomic mass is 15.2. The molecule has 92 valence electrons. The van der Waals surface area contributed by atoms with Crippen LogP contribution >= 0.6 is 0 Å². The van der Waals surface area contributed by atoms with Gasteiger partial charge in [0.15, 0.2) is 0 Å². The number of piperazine rings is 1. The maximum Gasteiger partial charge on any atom is 0.0447 e. The van der Waals surface area contributed by atoms with Crippen LogP contribution in [0.3, 0.4) is 0 Å². The minimum absolute atomic E-state index is 0.340. The second-order valence-corrected chi connectivity index (χ2v) is 5.33. The fourth-order valence-corrected chi connectivity index (χ4v) is 3.05. The fourth-order valence-electron chi connectivity index (χ4n) is 3.05. The Morgan fingerprint density at radius 3 is 2.82 bits per heavy atom. The van der Waals surface area contributed by atoms with E-state index >= 15 is 0 Å². The first-order chi connectivity index (χ1) is 8.36. The van der Waals surface area contributed by atoms with Gasteiger partial charge in [0.1, 0.15) is 0 Å². The van der Waals surface area contributed by atoms with Crippen molar-refractivity contribution in [2.45, 2.75) is 18.5 Å². The summed E-state index contributed by atoms with van der Waals surface area (Å²) < 4.78 is 0. The van der Waals surface area contributed by atoms with E-state index in [-0.39, 0.29) is 0 Å². The van der Waals surface area contributed by atoms with Gasteiger partial charge in [0.2, 0.25) is 0 Å². The summed E-state index contributed by atoms with van der Waals surface area (Å²) in [4.78, 5) is 2.58. The lowest BCUT2D eigenvalue weighted by Crippen LogP contribution is -2.61. The van der Waals surface area contributed by atoms with Gasteiger partial charge in [0.05, 0.1) is 0 Å². The SMILES string of the molecule is c1ccc(CN2CCNC3(CCNC3)C2)cc1. The third-order valence-electron chi connectivity index (χ3n) is 3.95. The lowest BCUT2D eigenvalue weighted by atomic mass is 9.95. The largest absolute Gasteiger partial charge is 0.315 e. The van der Waals surface area contributed by atoms with Crippen LogP contribution < -0.4 is 10.6 Å². The number of hydrogen-bond donors (Lipinski definition) is 2. The molecular formula is C14H21N3. The Labute approximate surface area is 103 Å². The molecule has 2 fully saturated rings. The number of benzene rings is 1. The second-order valence-electron chi connectivity index (χ2n) is 5.33. The normalized spacial score (nSPS) is 29.9. The van der Waals surface area contributed by atoms with E-state index in [1.165, 1.54) is 18.5 Å². The van der Waals surface area contributed by atoms with Gasteiger partial charge in [-0.1, -0.05) is 30.3 Å². The number of hydrogen-bond acceptors (Lipinski definition) is 3. The van der Waals surface area contributed by atoms with Gasteiger partial charge in [-0.05, 0) is 18.5 Å². The van der Waals surface area contributed by atoms with E-state index in [1.54, 1.807) is 0 Å². The van der Waals surface area contributed by atoms with E-state index in [4.69, 9.17) is 0 Å². The predicted molar refractivity (Wildman–Crippen MR) is 69.9 cm³/mol. The predicted octanol–water partition coefficient (Wildman–Crippen LogP) is 0.824. The molecule has 17 heavy (non-hydrogen) atoms. The molecule has 2 aliphatic rings. The molecule has 2 aliphatic heterocycles. The molecule has 1 atom stereocenters. The number of nitrogens with zero attached hydrogens (tertiary/aromatic N) is 1. The first-order valence-corrected chi connectivity index (χ1v) is 6.58. The molecule has 0 bridgehead atoms. The van der Waals surface area contributed by atoms with Crippen LogP contribution in [0.25, 0.3) is 0 Å². The van der Waals surface area contributed by atoms with Gasteiger partial charge in [-0.3, -0.25) is 4.90 Å². The van der Waals surface area contributed by atoms with Crippen molar-refractivity contribution in [3.63, 3.8) is 0 Å². The Kier molecular flexibility index (Phi) is 3.14. The Bertz CT molecular complexity index is 357. The third-order valence-corrected chi connectivity index (χ3v) is 3.95. The van der Waals surface area contributed by atoms with Crippen molar-refractivity contribution in [2.75, 3.05) is 32.7 Å². The maximum atomic E-state index is 3.71. The molecule has 0 amide bonds. The summed E-state index contributed by atoms with van der Waals surface area (Å²) in [7, 11) is 0. The smallest absolute Gasteiger partial charge is 0.0447 e. The van der Waals surface area contributed by atoms with E-state index in [0.717, 1.165) is 32.7 Å². The van der Waals surface area contributed by atoms with Gasteiger partial charge in [-0.15, -0.1) is 0 Å². The molecule has 1 unspecified atom stereocenters. The summed E-state index contributed by atoms with van der Waals surface area (Å²) in [5.41, 5.74) is 1.77. The summed E-state index contributed by atoms with van der Waals surface area (Å²) in [6.07, 6.45) is 1.26. The fraction of sp³-hybridized carbons (Fsp3) is 0.571. The molecule has 1 aromatic rings. The lowest BCUT2D eigenvalue weighted by molar-refractivity contribution is 0.137.